The van der Waals surface area contributed by atoms with Crippen LogP contribution >= 0.6 is 0 Å². The van der Waals surface area contributed by atoms with Gasteiger partial charge in [-0.1, -0.05) is 57.9 Å². The van der Waals surface area contributed by atoms with Gasteiger partial charge in [-0.15, -0.1) is 0 Å². The van der Waals surface area contributed by atoms with E-state index in [1.807, 2.05) is 38.1 Å². The number of nitrogens with zero attached hydrogens (tertiary/aromatic N) is 2. The molecule has 0 aliphatic carbocycles. The molecule has 0 N–H and O–H groups in total. The third-order valence-corrected chi connectivity index (χ3v) is 5.22. The highest BCUT2D eigenvalue weighted by Gasteiger charge is 2.26. The van der Waals surface area contributed by atoms with E-state index in [1.165, 1.54) is 24.8 Å². The number of hydrogen-bond donors (Lipinski definition) is 0. The molecule has 1 aromatic rings. The lowest BCUT2D eigenvalue weighted by Crippen LogP contribution is -2.27. The number of carbonyl (C=O) groups is 1. The fraction of sp³-hybridized carbons (Fsp3) is 0.520. The lowest BCUT2D eigenvalue weighted by atomic mass is 10.0. The van der Waals surface area contributed by atoms with Gasteiger partial charge >= 0.3 is 0 Å². The molecule has 0 aromatic heterocycles. The molecule has 2 aliphatic rings. The molecule has 2 aliphatic heterocycles. The summed E-state index contributed by atoms with van der Waals surface area (Å²) < 4.78 is 11.8. The smallest absolute Gasteiger partial charge is 0.236 e. The van der Waals surface area contributed by atoms with Crippen LogP contribution < -0.4 is 0 Å². The molecule has 0 saturated carbocycles. The van der Waals surface area contributed by atoms with Gasteiger partial charge in [0.1, 0.15) is 12.0 Å². The fourth-order valence-corrected chi connectivity index (χ4v) is 3.58. The normalized spacial score (nSPS) is 23.0. The Morgan fingerprint density at radius 3 is 2.50 bits per heavy atom. The Kier molecular flexibility index (Phi) is 9.81. The van der Waals surface area contributed by atoms with Gasteiger partial charge in [0.2, 0.25) is 12.3 Å². The average Bonchev–Trinajstić information content (AvgIpc) is 3.37. The van der Waals surface area contributed by atoms with Crippen molar-refractivity contribution in [2.45, 2.75) is 78.6 Å². The minimum absolute atomic E-state index is 0.0415. The van der Waals surface area contributed by atoms with Crippen molar-refractivity contribution in [1.29, 1.82) is 0 Å². The maximum absolute atomic E-state index is 10.9. The van der Waals surface area contributed by atoms with Crippen LogP contribution in [0.2, 0.25) is 0 Å². The Morgan fingerprint density at radius 1 is 1.17 bits per heavy atom. The van der Waals surface area contributed by atoms with Crippen molar-refractivity contribution in [3.05, 3.63) is 53.2 Å². The predicted molar refractivity (Wildman–Crippen MR) is 123 cm³/mol. The van der Waals surface area contributed by atoms with Gasteiger partial charge in [-0.2, -0.15) is 4.99 Å². The van der Waals surface area contributed by atoms with Gasteiger partial charge < -0.3 is 14.4 Å². The second kappa shape index (κ2) is 12.3. The first kappa shape index (κ1) is 23.9. The van der Waals surface area contributed by atoms with Gasteiger partial charge in [-0.25, -0.2) is 0 Å². The van der Waals surface area contributed by atoms with Gasteiger partial charge in [-0.3, -0.25) is 4.79 Å². The number of hydrogen-bond acceptors (Lipinski definition) is 4. The quantitative estimate of drug-likeness (QED) is 0.405. The van der Waals surface area contributed by atoms with Crippen molar-refractivity contribution in [3.63, 3.8) is 0 Å². The molecular weight excluding hydrogens is 376 g/mol. The zero-order chi connectivity index (χ0) is 21.9. The van der Waals surface area contributed by atoms with Crippen molar-refractivity contribution in [3.8, 4) is 0 Å². The number of rotatable bonds is 8. The van der Waals surface area contributed by atoms with Crippen molar-refractivity contribution in [1.82, 2.24) is 4.90 Å². The molecule has 164 valence electrons. The maximum atomic E-state index is 10.9. The lowest BCUT2D eigenvalue weighted by Gasteiger charge is -2.22. The van der Waals surface area contributed by atoms with Crippen LogP contribution in [0.1, 0.15) is 70.9 Å². The number of carbonyl (C=O) groups excluding carboxylic acids is 1. The summed E-state index contributed by atoms with van der Waals surface area (Å²) in [4.78, 5) is 16.8. The van der Waals surface area contributed by atoms with E-state index in [1.54, 1.807) is 0 Å². The van der Waals surface area contributed by atoms with E-state index in [2.05, 4.69) is 43.1 Å². The van der Waals surface area contributed by atoms with Crippen molar-refractivity contribution < 1.29 is 14.3 Å². The van der Waals surface area contributed by atoms with E-state index in [4.69, 9.17) is 9.47 Å². The van der Waals surface area contributed by atoms with E-state index in [0.29, 0.717) is 18.1 Å². The molecule has 1 fully saturated rings. The molecule has 0 radical (unpaired) electrons. The summed E-state index contributed by atoms with van der Waals surface area (Å²) in [7, 11) is 1.98. The molecule has 1 aromatic carbocycles. The van der Waals surface area contributed by atoms with Crippen molar-refractivity contribution >= 4 is 18.1 Å². The first-order valence-electron chi connectivity index (χ1n) is 11.2. The molecule has 2 heterocycles. The van der Waals surface area contributed by atoms with Crippen LogP contribution in [0.4, 0.5) is 0 Å². The summed E-state index contributed by atoms with van der Waals surface area (Å²) in [6.45, 7) is 8.30. The molecule has 0 spiro atoms. The van der Waals surface area contributed by atoms with Gasteiger partial charge in [0.25, 0.3) is 0 Å². The second-order valence-corrected chi connectivity index (χ2v) is 7.53. The molecule has 1 saturated heterocycles. The number of aliphatic imine (C=N–C) groups is 1. The van der Waals surface area contributed by atoms with Gasteiger partial charge in [0, 0.05) is 18.8 Å². The first-order chi connectivity index (χ1) is 14.6. The molecule has 0 bridgehead atoms. The summed E-state index contributed by atoms with van der Waals surface area (Å²) >= 11 is 0. The van der Waals surface area contributed by atoms with Crippen LogP contribution in [-0.2, 0) is 20.7 Å². The summed E-state index contributed by atoms with van der Waals surface area (Å²) in [5.74, 6) is 1.04. The predicted octanol–water partition coefficient (Wildman–Crippen LogP) is 5.71. The first-order valence-corrected chi connectivity index (χ1v) is 11.2. The summed E-state index contributed by atoms with van der Waals surface area (Å²) in [6.07, 6.45) is 11.5. The zero-order valence-corrected chi connectivity index (χ0v) is 19.1. The van der Waals surface area contributed by atoms with Gasteiger partial charge in [-0.05, 0) is 44.2 Å². The highest BCUT2D eigenvalue weighted by molar-refractivity contribution is 6.07. The lowest BCUT2D eigenvalue weighted by molar-refractivity contribution is -0.106. The zero-order valence-electron chi connectivity index (χ0n) is 19.1. The van der Waals surface area contributed by atoms with Crippen LogP contribution in [0.15, 0.2) is 47.1 Å². The molecule has 5 heteroatoms. The number of benzene rings is 1. The number of ether oxygens (including phenoxy) is 2. The SMILES string of the molecule is CC.CCCCCc1ccc(C2=C/C(=C/N(C)C3CCC(C)O3)C(=NC=O)O2)cc1. The van der Waals surface area contributed by atoms with Gasteiger partial charge in [0.05, 0.1) is 11.7 Å². The monoisotopic (exact) mass is 412 g/mol. The largest absolute Gasteiger partial charge is 0.438 e. The average molecular weight is 413 g/mol. The molecule has 2 atom stereocenters. The Hall–Kier alpha value is -2.40. The molecule has 1 amide bonds. The molecular formula is C25H36N2O3. The van der Waals surface area contributed by atoms with E-state index < -0.39 is 0 Å². The molecule has 2 unspecified atom stereocenters. The molecule has 30 heavy (non-hydrogen) atoms. The van der Waals surface area contributed by atoms with Crippen molar-refractivity contribution in [2.24, 2.45) is 4.99 Å². The summed E-state index contributed by atoms with van der Waals surface area (Å²) in [6, 6.07) is 8.43. The fourth-order valence-electron chi connectivity index (χ4n) is 3.58. The van der Waals surface area contributed by atoms with Crippen LogP contribution in [0.25, 0.3) is 5.76 Å². The Bertz CT molecular complexity index is 765. The second-order valence-electron chi connectivity index (χ2n) is 7.53. The summed E-state index contributed by atoms with van der Waals surface area (Å²) in [5.41, 5.74) is 3.09. The van der Waals surface area contributed by atoms with Crippen LogP contribution in [0.5, 0.6) is 0 Å². The topological polar surface area (TPSA) is 51.1 Å². The Balaban J connectivity index is 0.00000155. The Morgan fingerprint density at radius 2 is 1.90 bits per heavy atom. The van der Waals surface area contributed by atoms with Crippen LogP contribution in [0.3, 0.4) is 0 Å². The highest BCUT2D eigenvalue weighted by atomic mass is 16.5. The van der Waals surface area contributed by atoms with Crippen molar-refractivity contribution in [2.75, 3.05) is 7.05 Å². The van der Waals surface area contributed by atoms with Crippen LogP contribution in [0, 0.1) is 0 Å². The standard InChI is InChI=1S/C23H30N2O3.C2H6/c1-4-5-6-7-18-9-11-19(12-10-18)21-14-20(23(28-21)24-16-26)15-25(3)22-13-8-17(2)27-22;1-2/h9-12,14-17,22H,4-8,13H2,1-3H3;1-2H3/b20-15-,24-23?;. The number of aryl methyl sites for hydroxylation is 1. The number of amides is 1. The van der Waals surface area contributed by atoms with E-state index in [-0.39, 0.29) is 12.3 Å². The molecule has 5 nitrogen and oxygen atoms in total. The van der Waals surface area contributed by atoms with E-state index >= 15 is 0 Å². The van der Waals surface area contributed by atoms with Crippen LogP contribution in [-0.4, -0.2) is 36.6 Å². The third kappa shape index (κ3) is 6.56. The number of unbranched alkanes of at least 4 members (excludes halogenated alkanes) is 2. The van der Waals surface area contributed by atoms with E-state index in [9.17, 15) is 4.79 Å². The third-order valence-electron chi connectivity index (χ3n) is 5.22. The summed E-state index contributed by atoms with van der Waals surface area (Å²) in [5, 5.41) is 0. The minimum Gasteiger partial charge on any atom is -0.438 e. The minimum atomic E-state index is 0.0415. The Labute approximate surface area is 181 Å². The van der Waals surface area contributed by atoms with E-state index in [0.717, 1.165) is 30.4 Å². The highest BCUT2D eigenvalue weighted by Crippen LogP contribution is 2.29. The molecule has 3 rings (SSSR count). The maximum Gasteiger partial charge on any atom is 0.236 e. The van der Waals surface area contributed by atoms with Gasteiger partial charge in [0.15, 0.2) is 0 Å².